The first-order valence-corrected chi connectivity index (χ1v) is 10.6. The van der Waals surface area contributed by atoms with E-state index in [1.165, 1.54) is 11.8 Å². The third-order valence-corrected chi connectivity index (χ3v) is 5.07. The first-order valence-electron chi connectivity index (χ1n) is 10.6. The van der Waals surface area contributed by atoms with Gasteiger partial charge in [-0.15, -0.1) is 0 Å². The lowest BCUT2D eigenvalue weighted by Gasteiger charge is -2.30. The highest BCUT2D eigenvalue weighted by molar-refractivity contribution is 5.87. The largest absolute Gasteiger partial charge is 0.423 e. The molecule has 1 saturated heterocycles. The van der Waals surface area contributed by atoms with Gasteiger partial charge in [0.25, 0.3) is 11.5 Å². The van der Waals surface area contributed by atoms with Crippen molar-refractivity contribution in [2.45, 2.75) is 37.9 Å². The van der Waals surface area contributed by atoms with Crippen LogP contribution in [0, 0.1) is 0 Å². The molecule has 0 radical (unpaired) electrons. The Balaban J connectivity index is 1.49. The Morgan fingerprint density at radius 2 is 1.89 bits per heavy atom. The second-order valence-corrected chi connectivity index (χ2v) is 7.96. The van der Waals surface area contributed by atoms with Crippen molar-refractivity contribution in [1.82, 2.24) is 25.6 Å². The topological polar surface area (TPSA) is 125 Å². The number of aromatic nitrogens is 4. The van der Waals surface area contributed by atoms with E-state index < -0.39 is 52.8 Å². The van der Waals surface area contributed by atoms with Gasteiger partial charge in [-0.2, -0.15) is 31.4 Å². The Bertz CT molecular complexity index is 1180. The minimum Gasteiger partial charge on any atom is -0.378 e. The number of anilines is 2. The van der Waals surface area contributed by atoms with Gasteiger partial charge in [0.05, 0.1) is 30.6 Å². The van der Waals surface area contributed by atoms with Gasteiger partial charge in [0.1, 0.15) is 11.7 Å². The molecular formula is C20H20F7N7O3. The standard InChI is InChI=1S/C20H20F7N7O3/c1-10(31-14-7-30-32-17(36)16(14)20(25,26)27)9-37-33-15(35)4-11-2-3-34(8-13(11)21)18-28-5-12(6-29-18)19(22,23)24/h4-7,10,13H,2-3,8-9H2,1H3,(H,33,35)(H2,31,32,36)/b11-4-/t10-,13?/m0/s1. The molecule has 1 unspecified atom stereocenters. The number of piperidine rings is 1. The maximum atomic E-state index is 14.6. The second kappa shape index (κ2) is 11.1. The van der Waals surface area contributed by atoms with Gasteiger partial charge in [-0.3, -0.25) is 14.4 Å². The number of aromatic amines is 1. The van der Waals surface area contributed by atoms with E-state index in [0.29, 0.717) is 12.4 Å². The van der Waals surface area contributed by atoms with E-state index in [4.69, 9.17) is 4.84 Å². The number of amides is 1. The molecule has 3 rings (SSSR count). The zero-order valence-electron chi connectivity index (χ0n) is 19.0. The highest BCUT2D eigenvalue weighted by Crippen LogP contribution is 2.32. The molecule has 37 heavy (non-hydrogen) atoms. The molecule has 2 atom stereocenters. The molecule has 17 heteroatoms. The highest BCUT2D eigenvalue weighted by Gasteiger charge is 2.37. The number of alkyl halides is 7. The number of hydrogen-bond acceptors (Lipinski definition) is 8. The number of carbonyl (C=O) groups is 1. The maximum Gasteiger partial charge on any atom is 0.423 e. The lowest BCUT2D eigenvalue weighted by molar-refractivity contribution is -0.139. The number of nitrogens with one attached hydrogen (secondary N) is 3. The lowest BCUT2D eigenvalue weighted by atomic mass is 10.0. The van der Waals surface area contributed by atoms with Crippen molar-refractivity contribution in [2.75, 3.05) is 29.9 Å². The predicted octanol–water partition coefficient (Wildman–Crippen LogP) is 2.62. The monoisotopic (exact) mass is 539 g/mol. The summed E-state index contributed by atoms with van der Waals surface area (Å²) in [5, 5.41) is 7.44. The van der Waals surface area contributed by atoms with Crippen LogP contribution in [0.15, 0.2) is 35.0 Å². The molecule has 0 aliphatic carbocycles. The zero-order chi connectivity index (χ0) is 27.4. The number of H-pyrrole nitrogens is 1. The van der Waals surface area contributed by atoms with E-state index in [9.17, 15) is 40.3 Å². The van der Waals surface area contributed by atoms with Gasteiger partial charge in [0.2, 0.25) is 5.95 Å². The molecular weight excluding hydrogens is 519 g/mol. The van der Waals surface area contributed by atoms with E-state index in [2.05, 4.69) is 20.4 Å². The third kappa shape index (κ3) is 7.37. The number of nitrogens with zero attached hydrogens (tertiary/aromatic N) is 4. The van der Waals surface area contributed by atoms with Gasteiger partial charge >= 0.3 is 12.4 Å². The van der Waals surface area contributed by atoms with E-state index in [0.717, 1.165) is 12.3 Å². The fraction of sp³-hybridized carbons (Fsp3) is 0.450. The van der Waals surface area contributed by atoms with Crippen LogP contribution in [0.5, 0.6) is 0 Å². The molecule has 3 heterocycles. The molecule has 0 spiro atoms. The highest BCUT2D eigenvalue weighted by atomic mass is 19.4. The predicted molar refractivity (Wildman–Crippen MR) is 114 cm³/mol. The molecule has 0 aromatic carbocycles. The summed E-state index contributed by atoms with van der Waals surface area (Å²) in [5.41, 5.74) is -2.40. The van der Waals surface area contributed by atoms with Gasteiger partial charge in [-0.25, -0.2) is 24.9 Å². The first-order chi connectivity index (χ1) is 17.3. The molecule has 1 amide bonds. The fourth-order valence-corrected chi connectivity index (χ4v) is 3.33. The summed E-state index contributed by atoms with van der Waals surface area (Å²) in [4.78, 5) is 37.1. The van der Waals surface area contributed by atoms with Crippen LogP contribution in [-0.2, 0) is 22.0 Å². The quantitative estimate of drug-likeness (QED) is 0.279. The number of halogens is 7. The first kappa shape index (κ1) is 27.8. The number of hydrogen-bond donors (Lipinski definition) is 3. The minimum absolute atomic E-state index is 0.0483. The molecule has 202 valence electrons. The summed E-state index contributed by atoms with van der Waals surface area (Å²) in [6, 6.07) is -0.807. The molecule has 0 bridgehead atoms. The molecule has 2 aromatic rings. The second-order valence-electron chi connectivity index (χ2n) is 7.96. The third-order valence-electron chi connectivity index (χ3n) is 5.07. The van der Waals surface area contributed by atoms with Crippen LogP contribution in [0.1, 0.15) is 24.5 Å². The minimum atomic E-state index is -4.93. The SMILES string of the molecule is C[C@@H](CONC(=O)/C=C1/CCN(c2ncc(C(F)(F)F)cn2)CC1F)Nc1cn[nH]c(=O)c1C(F)(F)F. The fourth-order valence-electron chi connectivity index (χ4n) is 3.33. The Morgan fingerprint density at radius 1 is 1.22 bits per heavy atom. The lowest BCUT2D eigenvalue weighted by Crippen LogP contribution is -2.39. The van der Waals surface area contributed by atoms with Crippen molar-refractivity contribution in [3.05, 3.63) is 51.7 Å². The van der Waals surface area contributed by atoms with Crippen molar-refractivity contribution in [3.63, 3.8) is 0 Å². The average Bonchev–Trinajstić information content (AvgIpc) is 2.79. The van der Waals surface area contributed by atoms with E-state index in [-0.39, 0.29) is 37.6 Å². The average molecular weight is 539 g/mol. The normalized spacial score (nSPS) is 18.5. The molecule has 2 aromatic heterocycles. The van der Waals surface area contributed by atoms with E-state index in [1.807, 2.05) is 5.48 Å². The molecule has 3 N–H and O–H groups in total. The van der Waals surface area contributed by atoms with Crippen LogP contribution in [-0.4, -0.2) is 58.0 Å². The van der Waals surface area contributed by atoms with Crippen molar-refractivity contribution in [1.29, 1.82) is 0 Å². The molecule has 10 nitrogen and oxygen atoms in total. The van der Waals surface area contributed by atoms with Crippen LogP contribution in [0.2, 0.25) is 0 Å². The maximum absolute atomic E-state index is 14.6. The smallest absolute Gasteiger partial charge is 0.378 e. The van der Waals surface area contributed by atoms with Gasteiger partial charge in [0, 0.05) is 31.1 Å². The summed E-state index contributed by atoms with van der Waals surface area (Å²) in [6.45, 7) is 0.941. The van der Waals surface area contributed by atoms with Crippen LogP contribution in [0.3, 0.4) is 0 Å². The van der Waals surface area contributed by atoms with Crippen molar-refractivity contribution < 1.29 is 40.4 Å². The van der Waals surface area contributed by atoms with E-state index >= 15 is 0 Å². The van der Waals surface area contributed by atoms with Crippen LogP contribution in [0.4, 0.5) is 42.4 Å². The van der Waals surface area contributed by atoms with Crippen LogP contribution < -0.4 is 21.3 Å². The van der Waals surface area contributed by atoms with Gasteiger partial charge in [-0.05, 0) is 18.9 Å². The van der Waals surface area contributed by atoms with Crippen molar-refractivity contribution >= 4 is 17.5 Å². The molecule has 1 fully saturated rings. The van der Waals surface area contributed by atoms with Gasteiger partial charge in [0.15, 0.2) is 0 Å². The van der Waals surface area contributed by atoms with Gasteiger partial charge < -0.3 is 10.2 Å². The van der Waals surface area contributed by atoms with Gasteiger partial charge in [-0.1, -0.05) is 0 Å². The Kier molecular flexibility index (Phi) is 8.35. The number of rotatable bonds is 7. The summed E-state index contributed by atoms with van der Waals surface area (Å²) in [5.74, 6) is -0.925. The van der Waals surface area contributed by atoms with Crippen LogP contribution in [0.25, 0.3) is 0 Å². The Labute approximate surface area is 203 Å². The Morgan fingerprint density at radius 3 is 2.49 bits per heavy atom. The molecule has 1 aliphatic rings. The summed E-state index contributed by atoms with van der Waals surface area (Å²) >= 11 is 0. The summed E-state index contributed by atoms with van der Waals surface area (Å²) in [6.07, 6.45) is -8.20. The van der Waals surface area contributed by atoms with Crippen molar-refractivity contribution in [3.8, 4) is 0 Å². The van der Waals surface area contributed by atoms with Crippen molar-refractivity contribution in [2.24, 2.45) is 0 Å². The summed E-state index contributed by atoms with van der Waals surface area (Å²) in [7, 11) is 0. The Hall–Kier alpha value is -3.76. The van der Waals surface area contributed by atoms with E-state index in [1.54, 1.807) is 5.10 Å². The molecule has 1 aliphatic heterocycles. The number of hydroxylamine groups is 1. The summed E-state index contributed by atoms with van der Waals surface area (Å²) < 4.78 is 91.7. The molecule has 0 saturated carbocycles. The number of carbonyl (C=O) groups excluding carboxylic acids is 1. The van der Waals surface area contributed by atoms with Crippen LogP contribution >= 0.6 is 0 Å². The zero-order valence-corrected chi connectivity index (χ0v) is 19.0.